The number of carbonyl (C=O) groups is 2. The van der Waals surface area contributed by atoms with Gasteiger partial charge in [-0.1, -0.05) is 13.0 Å². The highest BCUT2D eigenvalue weighted by atomic mass is 16.5. The third-order valence-electron chi connectivity index (χ3n) is 4.29. The summed E-state index contributed by atoms with van der Waals surface area (Å²) in [6.07, 6.45) is 1.79. The molecule has 6 nitrogen and oxygen atoms in total. The smallest absolute Gasteiger partial charge is 0.411 e. The average molecular weight is 333 g/mol. The maximum absolute atomic E-state index is 12.3. The number of carbonyl (C=O) groups excluding carboxylic acids is 2. The summed E-state index contributed by atoms with van der Waals surface area (Å²) in [6.45, 7) is 8.11. The van der Waals surface area contributed by atoms with Crippen LogP contribution in [0.1, 0.15) is 32.3 Å². The molecular weight excluding hydrogens is 306 g/mol. The first-order valence-electron chi connectivity index (χ1n) is 8.56. The molecule has 0 aromatic heterocycles. The summed E-state index contributed by atoms with van der Waals surface area (Å²) in [4.78, 5) is 25.8. The van der Waals surface area contributed by atoms with Crippen molar-refractivity contribution >= 4 is 23.4 Å². The molecule has 2 rings (SSSR count). The van der Waals surface area contributed by atoms with Crippen LogP contribution in [0.25, 0.3) is 0 Å². The van der Waals surface area contributed by atoms with E-state index in [2.05, 4.69) is 17.6 Å². The van der Waals surface area contributed by atoms with Gasteiger partial charge in [0.05, 0.1) is 13.2 Å². The minimum absolute atomic E-state index is 0.115. The van der Waals surface area contributed by atoms with E-state index in [0.29, 0.717) is 18.2 Å². The maximum Gasteiger partial charge on any atom is 0.411 e. The first-order chi connectivity index (χ1) is 11.5. The van der Waals surface area contributed by atoms with Crippen molar-refractivity contribution in [2.24, 2.45) is 5.92 Å². The van der Waals surface area contributed by atoms with Gasteiger partial charge in [0, 0.05) is 24.5 Å². The van der Waals surface area contributed by atoms with Crippen LogP contribution >= 0.6 is 0 Å². The van der Waals surface area contributed by atoms with Crippen molar-refractivity contribution in [2.45, 2.75) is 33.6 Å². The van der Waals surface area contributed by atoms with Gasteiger partial charge in [0.25, 0.3) is 0 Å². The summed E-state index contributed by atoms with van der Waals surface area (Å²) < 4.78 is 4.90. The molecule has 0 aliphatic carbocycles. The fraction of sp³-hybridized carbons (Fsp3) is 0.556. The molecule has 1 aliphatic heterocycles. The number of nitrogens with zero attached hydrogens (tertiary/aromatic N) is 1. The predicted molar refractivity (Wildman–Crippen MR) is 95.3 cm³/mol. The summed E-state index contributed by atoms with van der Waals surface area (Å²) in [5.41, 5.74) is 2.39. The average Bonchev–Trinajstić information content (AvgIpc) is 2.55. The number of anilines is 2. The molecule has 2 amide bonds. The number of likely N-dealkylation sites (tertiary alicyclic amines) is 1. The zero-order valence-electron chi connectivity index (χ0n) is 14.7. The molecule has 0 spiro atoms. The lowest BCUT2D eigenvalue weighted by Crippen LogP contribution is -2.42. The Morgan fingerprint density at radius 2 is 2.08 bits per heavy atom. The third-order valence-corrected chi connectivity index (χ3v) is 4.29. The second kappa shape index (κ2) is 8.57. The molecule has 0 unspecified atom stereocenters. The van der Waals surface area contributed by atoms with Gasteiger partial charge in [-0.05, 0) is 50.3 Å². The van der Waals surface area contributed by atoms with Crippen LogP contribution in [-0.4, -0.2) is 43.1 Å². The molecule has 1 fully saturated rings. The molecule has 132 valence electrons. The molecule has 0 saturated carbocycles. The van der Waals surface area contributed by atoms with Crippen molar-refractivity contribution in [1.82, 2.24) is 4.90 Å². The molecule has 1 atom stereocenters. The first-order valence-corrected chi connectivity index (χ1v) is 8.56. The van der Waals surface area contributed by atoms with E-state index in [1.165, 1.54) is 6.42 Å². The van der Waals surface area contributed by atoms with Crippen LogP contribution in [0.5, 0.6) is 0 Å². The van der Waals surface area contributed by atoms with Gasteiger partial charge in [0.1, 0.15) is 0 Å². The van der Waals surface area contributed by atoms with E-state index in [1.807, 2.05) is 30.0 Å². The Hall–Kier alpha value is -2.24. The number of nitrogens with one attached hydrogen (secondary N) is 2. The number of amides is 2. The van der Waals surface area contributed by atoms with Gasteiger partial charge in [-0.2, -0.15) is 0 Å². The Morgan fingerprint density at radius 3 is 2.79 bits per heavy atom. The van der Waals surface area contributed by atoms with Gasteiger partial charge in [0.2, 0.25) is 5.91 Å². The van der Waals surface area contributed by atoms with Crippen molar-refractivity contribution in [3.05, 3.63) is 23.8 Å². The Kier molecular flexibility index (Phi) is 6.46. The number of piperidine rings is 1. The summed E-state index contributed by atoms with van der Waals surface area (Å²) in [5.74, 6) is 0.686. The molecular formula is C18H27N3O3. The van der Waals surface area contributed by atoms with E-state index < -0.39 is 6.09 Å². The lowest BCUT2D eigenvalue weighted by Gasteiger charge is -2.31. The topological polar surface area (TPSA) is 70.7 Å². The van der Waals surface area contributed by atoms with E-state index >= 15 is 0 Å². The lowest BCUT2D eigenvalue weighted by atomic mass is 10.0. The number of hydrogen-bond donors (Lipinski definition) is 2. The van der Waals surface area contributed by atoms with Crippen LogP contribution in [-0.2, 0) is 9.53 Å². The highest BCUT2D eigenvalue weighted by Crippen LogP contribution is 2.23. The Labute approximate surface area is 143 Å². The second-order valence-corrected chi connectivity index (χ2v) is 6.26. The highest BCUT2D eigenvalue weighted by molar-refractivity contribution is 5.87. The second-order valence-electron chi connectivity index (χ2n) is 6.26. The molecule has 24 heavy (non-hydrogen) atoms. The van der Waals surface area contributed by atoms with Gasteiger partial charge >= 0.3 is 6.09 Å². The van der Waals surface area contributed by atoms with E-state index in [9.17, 15) is 9.59 Å². The quantitative estimate of drug-likeness (QED) is 0.868. The lowest BCUT2D eigenvalue weighted by molar-refractivity contribution is -0.130. The summed E-state index contributed by atoms with van der Waals surface area (Å²) in [6, 6.07) is 5.55. The summed E-state index contributed by atoms with van der Waals surface area (Å²) in [7, 11) is 0. The first kappa shape index (κ1) is 18.1. The number of hydrogen-bond acceptors (Lipinski definition) is 4. The third kappa shape index (κ3) is 4.88. The van der Waals surface area contributed by atoms with E-state index in [0.717, 1.165) is 30.8 Å². The molecule has 0 radical (unpaired) electrons. The number of rotatable bonds is 5. The van der Waals surface area contributed by atoms with Crippen LogP contribution in [0, 0.1) is 12.8 Å². The van der Waals surface area contributed by atoms with Gasteiger partial charge in [-0.25, -0.2) is 4.79 Å². The number of ether oxygens (including phenoxy) is 1. The Bertz CT molecular complexity index is 589. The summed E-state index contributed by atoms with van der Waals surface area (Å²) >= 11 is 0. The number of benzene rings is 1. The monoisotopic (exact) mass is 333 g/mol. The zero-order valence-corrected chi connectivity index (χ0v) is 14.7. The van der Waals surface area contributed by atoms with Crippen LogP contribution in [0.15, 0.2) is 18.2 Å². The van der Waals surface area contributed by atoms with Gasteiger partial charge < -0.3 is 15.0 Å². The van der Waals surface area contributed by atoms with Gasteiger partial charge in [0.15, 0.2) is 0 Å². The normalized spacial score (nSPS) is 17.3. The van der Waals surface area contributed by atoms with Crippen LogP contribution in [0.2, 0.25) is 0 Å². The van der Waals surface area contributed by atoms with Crippen molar-refractivity contribution in [2.75, 3.05) is 36.9 Å². The fourth-order valence-electron chi connectivity index (χ4n) is 2.94. The van der Waals surface area contributed by atoms with E-state index in [-0.39, 0.29) is 12.5 Å². The van der Waals surface area contributed by atoms with Crippen molar-refractivity contribution in [1.29, 1.82) is 0 Å². The standard InChI is InChI=1S/C18H27N3O3/c1-4-24-18(23)20-16-9-5-8-15(14(16)3)19-11-17(22)21-10-6-7-13(2)12-21/h5,8-9,13,19H,4,6-7,10-12H2,1-3H3,(H,20,23)/t13-/m1/s1. The largest absolute Gasteiger partial charge is 0.450 e. The van der Waals surface area contributed by atoms with Crippen molar-refractivity contribution in [3.8, 4) is 0 Å². The Morgan fingerprint density at radius 1 is 1.33 bits per heavy atom. The minimum Gasteiger partial charge on any atom is -0.450 e. The Balaban J connectivity index is 1.94. The van der Waals surface area contributed by atoms with E-state index in [4.69, 9.17) is 4.74 Å². The van der Waals surface area contributed by atoms with Crippen molar-refractivity contribution < 1.29 is 14.3 Å². The highest BCUT2D eigenvalue weighted by Gasteiger charge is 2.20. The summed E-state index contributed by atoms with van der Waals surface area (Å²) in [5, 5.41) is 5.90. The predicted octanol–water partition coefficient (Wildman–Crippen LogP) is 3.23. The fourth-order valence-corrected chi connectivity index (χ4v) is 2.94. The molecule has 1 saturated heterocycles. The molecule has 1 heterocycles. The van der Waals surface area contributed by atoms with Gasteiger partial charge in [-0.3, -0.25) is 10.1 Å². The van der Waals surface area contributed by atoms with Crippen LogP contribution in [0.3, 0.4) is 0 Å². The molecule has 1 aromatic rings. The SMILES string of the molecule is CCOC(=O)Nc1cccc(NCC(=O)N2CCC[C@@H](C)C2)c1C. The van der Waals surface area contributed by atoms with E-state index in [1.54, 1.807) is 6.92 Å². The van der Waals surface area contributed by atoms with Crippen LogP contribution in [0.4, 0.5) is 16.2 Å². The molecule has 2 N–H and O–H groups in total. The van der Waals surface area contributed by atoms with Gasteiger partial charge in [-0.15, -0.1) is 0 Å². The van der Waals surface area contributed by atoms with Crippen molar-refractivity contribution in [3.63, 3.8) is 0 Å². The minimum atomic E-state index is -0.476. The molecule has 1 aliphatic rings. The molecule has 1 aromatic carbocycles. The molecule has 6 heteroatoms. The zero-order chi connectivity index (χ0) is 17.5. The molecule has 0 bridgehead atoms. The maximum atomic E-state index is 12.3. The van der Waals surface area contributed by atoms with Crippen LogP contribution < -0.4 is 10.6 Å².